The molecule has 0 radical (unpaired) electrons. The molecule has 2 saturated heterocycles. The van der Waals surface area contributed by atoms with Crippen molar-refractivity contribution in [2.75, 3.05) is 25.0 Å². The number of alkyl halides is 2. The highest BCUT2D eigenvalue weighted by atomic mass is 19.3. The van der Waals surface area contributed by atoms with E-state index in [1.165, 1.54) is 4.90 Å². The van der Waals surface area contributed by atoms with Crippen LogP contribution in [-0.2, 0) is 14.1 Å². The van der Waals surface area contributed by atoms with Crippen LogP contribution in [0.4, 0.5) is 14.5 Å². The minimum Gasteiger partial charge on any atom is -0.399 e. The minimum atomic E-state index is -2.69. The summed E-state index contributed by atoms with van der Waals surface area (Å²) in [7, 11) is -0.461. The summed E-state index contributed by atoms with van der Waals surface area (Å²) >= 11 is 0. The monoisotopic (exact) mass is 366 g/mol. The molecule has 26 heavy (non-hydrogen) atoms. The van der Waals surface area contributed by atoms with Crippen LogP contribution in [-0.4, -0.2) is 54.7 Å². The first-order valence-electron chi connectivity index (χ1n) is 8.83. The Morgan fingerprint density at radius 3 is 2.23 bits per heavy atom. The van der Waals surface area contributed by atoms with Crippen molar-refractivity contribution in [3.05, 3.63) is 24.3 Å². The Morgan fingerprint density at radius 1 is 1.15 bits per heavy atom. The van der Waals surface area contributed by atoms with Gasteiger partial charge in [-0.2, -0.15) is 0 Å². The SMILES string of the molecule is CC1(C)OB(c2ccc(NC(=O)CN3CCC(F)(F)C3)cc2)OC1(C)C. The molecule has 8 heteroatoms. The van der Waals surface area contributed by atoms with Crippen molar-refractivity contribution >= 4 is 24.2 Å². The number of anilines is 1. The maximum Gasteiger partial charge on any atom is 0.494 e. The molecule has 0 aliphatic carbocycles. The van der Waals surface area contributed by atoms with E-state index in [0.29, 0.717) is 5.69 Å². The van der Waals surface area contributed by atoms with Crippen LogP contribution >= 0.6 is 0 Å². The summed E-state index contributed by atoms with van der Waals surface area (Å²) in [5, 5.41) is 2.74. The zero-order chi connectivity index (χ0) is 19.2. The van der Waals surface area contributed by atoms with Gasteiger partial charge in [-0.1, -0.05) is 12.1 Å². The van der Waals surface area contributed by atoms with Gasteiger partial charge in [-0.25, -0.2) is 8.78 Å². The van der Waals surface area contributed by atoms with E-state index in [1.807, 2.05) is 39.8 Å². The van der Waals surface area contributed by atoms with E-state index in [1.54, 1.807) is 12.1 Å². The number of benzene rings is 1. The summed E-state index contributed by atoms with van der Waals surface area (Å²) in [4.78, 5) is 13.5. The van der Waals surface area contributed by atoms with Crippen LogP contribution in [0.1, 0.15) is 34.1 Å². The van der Waals surface area contributed by atoms with Crippen LogP contribution in [0.2, 0.25) is 0 Å². The molecule has 0 atom stereocenters. The number of amides is 1. The molecule has 1 aromatic rings. The summed E-state index contributed by atoms with van der Waals surface area (Å²) in [6.45, 7) is 7.80. The van der Waals surface area contributed by atoms with Crippen LogP contribution < -0.4 is 10.8 Å². The first-order valence-corrected chi connectivity index (χ1v) is 8.83. The summed E-state index contributed by atoms with van der Waals surface area (Å²) in [5.74, 6) is -2.99. The molecule has 2 heterocycles. The highest BCUT2D eigenvalue weighted by Gasteiger charge is 2.51. The number of rotatable bonds is 4. The zero-order valence-corrected chi connectivity index (χ0v) is 15.6. The second-order valence-corrected chi connectivity index (χ2v) is 8.08. The van der Waals surface area contributed by atoms with Crippen LogP contribution in [0, 0.1) is 0 Å². The van der Waals surface area contributed by atoms with Crippen molar-refractivity contribution in [2.45, 2.75) is 51.2 Å². The molecule has 0 aromatic heterocycles. The largest absolute Gasteiger partial charge is 0.494 e. The van der Waals surface area contributed by atoms with Gasteiger partial charge in [-0.15, -0.1) is 0 Å². The van der Waals surface area contributed by atoms with Gasteiger partial charge in [0, 0.05) is 18.7 Å². The Bertz CT molecular complexity index is 664. The van der Waals surface area contributed by atoms with Gasteiger partial charge in [0.05, 0.1) is 24.3 Å². The lowest BCUT2D eigenvalue weighted by molar-refractivity contribution is -0.117. The highest BCUT2D eigenvalue weighted by Crippen LogP contribution is 2.36. The number of hydrogen-bond acceptors (Lipinski definition) is 4. The van der Waals surface area contributed by atoms with Gasteiger partial charge in [0.2, 0.25) is 5.91 Å². The third kappa shape index (κ3) is 4.08. The molecule has 2 fully saturated rings. The molecule has 0 saturated carbocycles. The molecule has 142 valence electrons. The number of halogens is 2. The third-order valence-corrected chi connectivity index (χ3v) is 5.34. The zero-order valence-electron chi connectivity index (χ0n) is 15.6. The van der Waals surface area contributed by atoms with Crippen molar-refractivity contribution in [3.8, 4) is 0 Å². The van der Waals surface area contributed by atoms with Gasteiger partial charge < -0.3 is 14.6 Å². The Labute approximate surface area is 153 Å². The molecule has 0 bridgehead atoms. The van der Waals surface area contributed by atoms with Crippen molar-refractivity contribution in [3.63, 3.8) is 0 Å². The number of likely N-dealkylation sites (tertiary alicyclic amines) is 1. The summed E-state index contributed by atoms with van der Waals surface area (Å²) < 4.78 is 38.3. The van der Waals surface area contributed by atoms with E-state index >= 15 is 0 Å². The number of carbonyl (C=O) groups excluding carboxylic acids is 1. The van der Waals surface area contributed by atoms with E-state index in [0.717, 1.165) is 5.46 Å². The van der Waals surface area contributed by atoms with Gasteiger partial charge in [0.15, 0.2) is 0 Å². The van der Waals surface area contributed by atoms with E-state index in [2.05, 4.69) is 5.32 Å². The normalized spacial score (nSPS) is 24.0. The Morgan fingerprint density at radius 2 is 1.73 bits per heavy atom. The molecular weight excluding hydrogens is 341 g/mol. The molecular formula is C18H25BF2N2O3. The fourth-order valence-electron chi connectivity index (χ4n) is 3.05. The Hall–Kier alpha value is -1.51. The average molecular weight is 366 g/mol. The summed E-state index contributed by atoms with van der Waals surface area (Å²) in [5.41, 5.74) is 0.645. The number of nitrogens with one attached hydrogen (secondary N) is 1. The molecule has 1 aromatic carbocycles. The molecule has 2 aliphatic heterocycles. The second-order valence-electron chi connectivity index (χ2n) is 8.08. The first-order chi connectivity index (χ1) is 12.0. The Balaban J connectivity index is 1.56. The lowest BCUT2D eigenvalue weighted by Crippen LogP contribution is -2.41. The maximum atomic E-state index is 13.2. The van der Waals surface area contributed by atoms with Crippen molar-refractivity contribution in [1.29, 1.82) is 0 Å². The van der Waals surface area contributed by atoms with Gasteiger partial charge in [0.1, 0.15) is 0 Å². The predicted molar refractivity (Wildman–Crippen MR) is 96.8 cm³/mol. The Kier molecular flexibility index (Phi) is 4.88. The number of nitrogens with zero attached hydrogens (tertiary/aromatic N) is 1. The number of hydrogen-bond donors (Lipinski definition) is 1. The molecule has 5 nitrogen and oxygen atoms in total. The average Bonchev–Trinajstić information content (AvgIpc) is 2.95. The molecule has 0 spiro atoms. The van der Waals surface area contributed by atoms with E-state index in [-0.39, 0.29) is 32.0 Å². The molecule has 0 unspecified atom stereocenters. The first kappa shape index (κ1) is 19.3. The van der Waals surface area contributed by atoms with Crippen LogP contribution in [0.3, 0.4) is 0 Å². The van der Waals surface area contributed by atoms with Gasteiger partial charge in [0.25, 0.3) is 5.92 Å². The lowest BCUT2D eigenvalue weighted by atomic mass is 9.79. The fourth-order valence-corrected chi connectivity index (χ4v) is 3.05. The molecule has 2 aliphatic rings. The van der Waals surface area contributed by atoms with Crippen molar-refractivity contribution in [1.82, 2.24) is 4.90 Å². The molecule has 1 amide bonds. The van der Waals surface area contributed by atoms with Gasteiger partial charge >= 0.3 is 7.12 Å². The van der Waals surface area contributed by atoms with Crippen LogP contribution in [0.25, 0.3) is 0 Å². The van der Waals surface area contributed by atoms with E-state index in [9.17, 15) is 13.6 Å². The lowest BCUT2D eigenvalue weighted by Gasteiger charge is -2.32. The van der Waals surface area contributed by atoms with Crippen LogP contribution in [0.5, 0.6) is 0 Å². The standard InChI is InChI=1S/C18H25BF2N2O3/c1-16(2)17(3,4)26-19(25-16)13-5-7-14(8-6-13)22-15(24)11-23-10-9-18(20,21)12-23/h5-8H,9-12H2,1-4H3,(H,22,24). The minimum absolute atomic E-state index is 0.0332. The van der Waals surface area contributed by atoms with E-state index in [4.69, 9.17) is 9.31 Å². The second kappa shape index (κ2) is 6.58. The maximum absolute atomic E-state index is 13.2. The third-order valence-electron chi connectivity index (χ3n) is 5.34. The molecule has 1 N–H and O–H groups in total. The van der Waals surface area contributed by atoms with Crippen molar-refractivity contribution in [2.24, 2.45) is 0 Å². The van der Waals surface area contributed by atoms with E-state index < -0.39 is 24.2 Å². The number of carbonyl (C=O) groups is 1. The summed E-state index contributed by atoms with van der Waals surface area (Å²) in [6, 6.07) is 7.19. The summed E-state index contributed by atoms with van der Waals surface area (Å²) in [6.07, 6.45) is -0.191. The predicted octanol–water partition coefficient (Wildman–Crippen LogP) is 2.27. The van der Waals surface area contributed by atoms with Gasteiger partial charge in [-0.05, 0) is 45.3 Å². The topological polar surface area (TPSA) is 50.8 Å². The molecule has 3 rings (SSSR count). The van der Waals surface area contributed by atoms with Crippen LogP contribution in [0.15, 0.2) is 24.3 Å². The highest BCUT2D eigenvalue weighted by molar-refractivity contribution is 6.62. The smallest absolute Gasteiger partial charge is 0.399 e. The van der Waals surface area contributed by atoms with Gasteiger partial charge in [-0.3, -0.25) is 9.69 Å². The van der Waals surface area contributed by atoms with Crippen molar-refractivity contribution < 1.29 is 22.9 Å². The quantitative estimate of drug-likeness (QED) is 0.831. The fraction of sp³-hybridized carbons (Fsp3) is 0.611.